The average molecular weight is 592 g/mol. The Labute approximate surface area is 142 Å². The Hall–Kier alpha value is -3.33. The Balaban J connectivity index is 0. The van der Waals surface area contributed by atoms with Gasteiger partial charge in [0.1, 0.15) is 0 Å². The van der Waals surface area contributed by atoms with Gasteiger partial charge in [-0.15, -0.1) is 0 Å². The summed E-state index contributed by atoms with van der Waals surface area (Å²) in [6.07, 6.45) is 1.22. The molecule has 2 N–H and O–H groups in total. The van der Waals surface area contributed by atoms with Gasteiger partial charge in [0.15, 0.2) is 0 Å². The van der Waals surface area contributed by atoms with Crippen LogP contribution in [0, 0.1) is 6.92 Å². The van der Waals surface area contributed by atoms with Gasteiger partial charge in [-0.05, 0) is 30.2 Å². The molecule has 2 rings (SSSR count). The number of halogens is 1. The zero-order valence-corrected chi connectivity index (χ0v) is 16.9. The number of carbonyl (C=O) groups excluding carboxylic acids is 1. The van der Waals surface area contributed by atoms with Gasteiger partial charge in [0.05, 0.1) is 6.54 Å². The minimum absolute atomic E-state index is 0. The first-order chi connectivity index (χ1) is 11.0. The minimum atomic E-state index is -1.07. The van der Waals surface area contributed by atoms with Crippen molar-refractivity contribution in [3.63, 3.8) is 0 Å². The standard InChI is InChI=1S/C13H11Cl.C3H4NO3.C2H6.Fm/c1-10-5-7-11(8-6-10)12-3-2-4-13(14)9-12;5-2-4-1-3(6)7;1-2;/h2-9H,1H3;1H2,(H,4,5)(H,6,7);1-2H3;/q;-1;;. The summed E-state index contributed by atoms with van der Waals surface area (Å²) < 4.78 is 0. The van der Waals surface area contributed by atoms with Crippen LogP contribution in [-0.2, 0) is 9.59 Å². The van der Waals surface area contributed by atoms with Crippen molar-refractivity contribution in [2.45, 2.75) is 20.8 Å². The van der Waals surface area contributed by atoms with Crippen LogP contribution in [-0.4, -0.2) is 24.0 Å². The number of rotatable bonds is 4. The molecule has 0 aliphatic carbocycles. The van der Waals surface area contributed by atoms with Crippen molar-refractivity contribution < 1.29 is 14.7 Å². The number of benzene rings is 2. The van der Waals surface area contributed by atoms with Gasteiger partial charge in [0.25, 0.3) is 0 Å². The summed E-state index contributed by atoms with van der Waals surface area (Å²) >= 11 is 5.93. The van der Waals surface area contributed by atoms with E-state index in [4.69, 9.17) is 16.7 Å². The molecule has 1 amide bonds. The van der Waals surface area contributed by atoms with E-state index in [1.165, 1.54) is 17.5 Å². The van der Waals surface area contributed by atoms with Crippen LogP contribution in [0.4, 0.5) is 0 Å². The van der Waals surface area contributed by atoms with E-state index in [2.05, 4.69) is 37.3 Å². The number of nitrogens with one attached hydrogen (secondary N) is 1. The Kier molecular flexibility index (Phi) is 12.8. The molecule has 0 saturated heterocycles. The van der Waals surface area contributed by atoms with Gasteiger partial charge in [-0.2, -0.15) is 6.41 Å². The van der Waals surface area contributed by atoms with Crippen LogP contribution in [0.1, 0.15) is 19.4 Å². The molecule has 0 aromatic heterocycles. The van der Waals surface area contributed by atoms with E-state index in [-0.39, 0.29) is 6.54 Å². The van der Waals surface area contributed by atoms with Gasteiger partial charge < -0.3 is 15.2 Å². The molecule has 0 heterocycles. The molecule has 0 atom stereocenters. The molecule has 0 fully saturated rings. The second-order valence-electron chi connectivity index (χ2n) is 4.23. The first-order valence-electron chi connectivity index (χ1n) is 7.17. The predicted molar refractivity (Wildman–Crippen MR) is 94.3 cm³/mol. The molecule has 4 nitrogen and oxygen atoms in total. The van der Waals surface area contributed by atoms with Crippen molar-refractivity contribution in [3.05, 3.63) is 59.1 Å². The largest absolute Gasteiger partial charge is 0.521 e. The first-order valence-corrected chi connectivity index (χ1v) is 7.55. The number of amides is 1. The fraction of sp³-hybridized carbons (Fsp3) is 0.222. The van der Waals surface area contributed by atoms with E-state index in [1.54, 1.807) is 0 Å². The second kappa shape index (κ2) is 13.3. The molecule has 24 heavy (non-hydrogen) atoms. The van der Waals surface area contributed by atoms with Crippen LogP contribution < -0.4 is 5.32 Å². The van der Waals surface area contributed by atoms with Crippen molar-refractivity contribution in [1.82, 2.24) is 5.32 Å². The normalized spacial score (nSPS) is 8.33. The molecule has 2 aromatic rings. The summed E-state index contributed by atoms with van der Waals surface area (Å²) in [5, 5.41) is 10.4. The third-order valence-corrected chi connectivity index (χ3v) is 2.76. The van der Waals surface area contributed by atoms with Crippen LogP contribution in [0.25, 0.3) is 11.1 Å². The van der Waals surface area contributed by atoms with Crippen LogP contribution in [0.5, 0.6) is 0 Å². The SMILES string of the molecule is CC.Cc1ccc(-c2cccc(Cl)c2)cc1.O=[C-]NCC(=O)O.[Fm]. The number of aliphatic carboxylic acids is 1. The summed E-state index contributed by atoms with van der Waals surface area (Å²) in [7, 11) is 0. The maximum absolute atomic E-state index is 9.52. The maximum atomic E-state index is 9.52. The third kappa shape index (κ3) is 9.58. The first kappa shape index (κ1) is 22.9. The van der Waals surface area contributed by atoms with Crippen molar-refractivity contribution in [2.75, 3.05) is 6.54 Å². The third-order valence-electron chi connectivity index (χ3n) is 2.52. The molecule has 2 aromatic carbocycles. The average Bonchev–Trinajstić information content (AvgIpc) is 2.56. The summed E-state index contributed by atoms with van der Waals surface area (Å²) in [5.41, 5.74) is 3.64. The number of hydrogen-bond donors (Lipinski definition) is 2. The molecule has 0 unspecified atom stereocenters. The van der Waals surface area contributed by atoms with E-state index < -0.39 is 5.97 Å². The Morgan fingerprint density at radius 2 is 1.71 bits per heavy atom. The Bertz CT molecular complexity index is 603. The van der Waals surface area contributed by atoms with Crippen molar-refractivity contribution in [2.24, 2.45) is 0 Å². The van der Waals surface area contributed by atoms with Crippen LogP contribution in [0.3, 0.4) is 0 Å². The van der Waals surface area contributed by atoms with Gasteiger partial charge in [-0.25, -0.2) is 0 Å². The van der Waals surface area contributed by atoms with Crippen molar-refractivity contribution in [1.29, 1.82) is 0 Å². The fourth-order valence-corrected chi connectivity index (χ4v) is 1.72. The van der Waals surface area contributed by atoms with Crippen LogP contribution in [0.2, 0.25) is 5.02 Å². The zero-order chi connectivity index (χ0) is 17.7. The minimum Gasteiger partial charge on any atom is -0.521 e. The van der Waals surface area contributed by atoms with Gasteiger partial charge in [0.2, 0.25) is 0 Å². The molecule has 0 spiro atoms. The van der Waals surface area contributed by atoms with Crippen molar-refractivity contribution in [3.8, 4) is 11.1 Å². The Morgan fingerprint density at radius 3 is 2.12 bits per heavy atom. The topological polar surface area (TPSA) is 66.4 Å². The van der Waals surface area contributed by atoms with Crippen molar-refractivity contribution >= 4 is 24.0 Å². The van der Waals surface area contributed by atoms with Gasteiger partial charge in [-0.1, -0.05) is 67.4 Å². The van der Waals surface area contributed by atoms with E-state index in [0.717, 1.165) is 10.6 Å². The van der Waals surface area contributed by atoms with Gasteiger partial charge in [-0.3, -0.25) is 4.79 Å². The molecule has 0 radical (unpaired) electrons. The molecule has 0 bridgehead atoms. The summed E-state index contributed by atoms with van der Waals surface area (Å²) in [6.45, 7) is 5.73. The summed E-state index contributed by atoms with van der Waals surface area (Å²) in [6, 6.07) is 16.3. The van der Waals surface area contributed by atoms with Gasteiger partial charge >= 0.3 is 5.97 Å². The summed E-state index contributed by atoms with van der Waals surface area (Å²) in [5.74, 6) is -1.07. The van der Waals surface area contributed by atoms with E-state index in [1.807, 2.05) is 37.4 Å². The second-order valence-corrected chi connectivity index (χ2v) is 4.66. The molecule has 0 aliphatic rings. The van der Waals surface area contributed by atoms with Gasteiger partial charge in [0, 0.05) is 5.02 Å². The maximum Gasteiger partial charge on any atom is 0.320 e. The molecule has 136 valence electrons. The zero-order valence-electron chi connectivity index (χ0n) is 13.8. The number of hydrogen-bond acceptors (Lipinski definition) is 2. The Morgan fingerprint density at radius 1 is 1.12 bits per heavy atom. The molecular formula is C18H21ClFmNO3-. The predicted octanol–water partition coefficient (Wildman–Crippen LogP) is 4.07. The smallest absolute Gasteiger partial charge is 0.320 e. The monoisotopic (exact) mass is 591 g/mol. The molecular weight excluding hydrogens is 571 g/mol. The van der Waals surface area contributed by atoms with E-state index >= 15 is 0 Å². The fourth-order valence-electron chi connectivity index (χ4n) is 1.53. The number of carboxylic acid groups (broad SMARTS) is 1. The van der Waals surface area contributed by atoms with E-state index in [9.17, 15) is 9.59 Å². The van der Waals surface area contributed by atoms with E-state index in [0.29, 0.717) is 0 Å². The van der Waals surface area contributed by atoms with Crippen LogP contribution in [0.15, 0.2) is 48.5 Å². The number of carbonyl (C=O) groups is 1. The van der Waals surface area contributed by atoms with Crippen LogP contribution >= 0.6 is 11.6 Å². The molecule has 0 saturated carbocycles. The number of carboxylic acids is 1. The number of aryl methyl sites for hydroxylation is 1. The quantitative estimate of drug-likeness (QED) is 0.416. The molecule has 6 heteroatoms. The molecule has 0 aliphatic heterocycles. The summed E-state index contributed by atoms with van der Waals surface area (Å²) in [4.78, 5) is 18.7.